The summed E-state index contributed by atoms with van der Waals surface area (Å²) in [6, 6.07) is 8.62. The zero-order valence-electron chi connectivity index (χ0n) is 18.6. The minimum Gasteiger partial charge on any atom is -0.357 e. The predicted octanol–water partition coefficient (Wildman–Crippen LogP) is 3.60. The summed E-state index contributed by atoms with van der Waals surface area (Å²) in [5.41, 5.74) is 1.94. The molecule has 1 aromatic carbocycles. The molecule has 1 atom stereocenters. The molecule has 3 N–H and O–H groups in total. The molecule has 0 aromatic heterocycles. The number of carbonyl (C=O) groups is 1. The number of anilines is 1. The van der Waals surface area contributed by atoms with Gasteiger partial charge in [0.05, 0.1) is 6.54 Å². The van der Waals surface area contributed by atoms with Crippen molar-refractivity contribution in [1.29, 1.82) is 0 Å². The van der Waals surface area contributed by atoms with Gasteiger partial charge < -0.3 is 20.9 Å². The number of likely N-dealkylation sites (tertiary alicyclic amines) is 1. The van der Waals surface area contributed by atoms with Crippen LogP contribution in [0.3, 0.4) is 0 Å². The molecule has 1 aromatic rings. The molecule has 162 valence electrons. The van der Waals surface area contributed by atoms with Gasteiger partial charge in [0, 0.05) is 37.3 Å². The van der Waals surface area contributed by atoms with Crippen LogP contribution in [0, 0.1) is 5.92 Å². The first-order chi connectivity index (χ1) is 14.0. The fraction of sp³-hybridized carbons (Fsp3) is 0.652. The van der Waals surface area contributed by atoms with Crippen LogP contribution in [0.2, 0.25) is 0 Å². The smallest absolute Gasteiger partial charge is 0.226 e. The Morgan fingerprint density at radius 2 is 1.97 bits per heavy atom. The Bertz CT molecular complexity index is 641. The molecule has 1 unspecified atom stereocenters. The van der Waals surface area contributed by atoms with Crippen molar-refractivity contribution in [2.75, 3.05) is 31.5 Å². The van der Waals surface area contributed by atoms with Gasteiger partial charge in [-0.3, -0.25) is 4.79 Å². The van der Waals surface area contributed by atoms with Crippen molar-refractivity contribution in [3.63, 3.8) is 0 Å². The number of hydrogen-bond donors (Lipinski definition) is 3. The van der Waals surface area contributed by atoms with E-state index in [2.05, 4.69) is 34.7 Å². The number of nitrogens with zero attached hydrogens (tertiary/aromatic N) is 2. The van der Waals surface area contributed by atoms with Crippen LogP contribution in [0.4, 0.5) is 5.69 Å². The van der Waals surface area contributed by atoms with E-state index in [1.807, 2.05) is 38.1 Å². The number of amides is 1. The zero-order chi connectivity index (χ0) is 21.1. The maximum atomic E-state index is 11.8. The van der Waals surface area contributed by atoms with Crippen molar-refractivity contribution in [2.45, 2.75) is 66.0 Å². The van der Waals surface area contributed by atoms with Crippen molar-refractivity contribution in [1.82, 2.24) is 15.5 Å². The van der Waals surface area contributed by atoms with Gasteiger partial charge in [-0.15, -0.1) is 0 Å². The minimum atomic E-state index is -0.0221. The first-order valence-corrected chi connectivity index (χ1v) is 11.2. The Labute approximate surface area is 176 Å². The molecule has 0 saturated carbocycles. The molecule has 0 spiro atoms. The van der Waals surface area contributed by atoms with Gasteiger partial charge in [-0.05, 0) is 57.4 Å². The Morgan fingerprint density at radius 3 is 2.62 bits per heavy atom. The Hall–Kier alpha value is -2.08. The molecule has 0 aliphatic carbocycles. The number of carbonyl (C=O) groups excluding carboxylic acids is 1. The van der Waals surface area contributed by atoms with Crippen LogP contribution < -0.4 is 16.0 Å². The highest BCUT2D eigenvalue weighted by molar-refractivity contribution is 5.92. The van der Waals surface area contributed by atoms with E-state index < -0.39 is 0 Å². The van der Waals surface area contributed by atoms with Gasteiger partial charge in [0.2, 0.25) is 5.91 Å². The fourth-order valence-corrected chi connectivity index (χ4v) is 3.47. The van der Waals surface area contributed by atoms with Crippen LogP contribution in [0.1, 0.15) is 58.9 Å². The molecule has 1 aliphatic rings. The van der Waals surface area contributed by atoms with E-state index in [1.165, 1.54) is 25.8 Å². The highest BCUT2D eigenvalue weighted by atomic mass is 16.1. The quantitative estimate of drug-likeness (QED) is 0.336. The molecule has 1 heterocycles. The van der Waals surface area contributed by atoms with E-state index in [9.17, 15) is 4.79 Å². The van der Waals surface area contributed by atoms with Crippen LogP contribution in [0.15, 0.2) is 29.3 Å². The number of hydrogen-bond acceptors (Lipinski definition) is 3. The van der Waals surface area contributed by atoms with Crippen molar-refractivity contribution in [3.05, 3.63) is 29.8 Å². The normalized spacial score (nSPS) is 18.0. The van der Waals surface area contributed by atoms with Crippen molar-refractivity contribution in [3.8, 4) is 0 Å². The van der Waals surface area contributed by atoms with Gasteiger partial charge in [0.15, 0.2) is 5.96 Å². The maximum Gasteiger partial charge on any atom is 0.226 e. The molecule has 0 radical (unpaired) electrons. The van der Waals surface area contributed by atoms with Crippen LogP contribution in [-0.2, 0) is 11.3 Å². The lowest BCUT2D eigenvalue weighted by Crippen LogP contribution is -2.41. The summed E-state index contributed by atoms with van der Waals surface area (Å²) in [7, 11) is 0. The first-order valence-electron chi connectivity index (χ1n) is 11.2. The molecule has 1 amide bonds. The summed E-state index contributed by atoms with van der Waals surface area (Å²) in [5, 5.41) is 9.68. The first kappa shape index (κ1) is 23.2. The number of rotatable bonds is 9. The van der Waals surface area contributed by atoms with Crippen molar-refractivity contribution in [2.24, 2.45) is 10.9 Å². The topological polar surface area (TPSA) is 68.8 Å². The summed E-state index contributed by atoms with van der Waals surface area (Å²) in [6.45, 7) is 13.0. The standard InChI is InChI=1S/C23H39N5O/c1-5-24-23(25-14-8-16-28-15-7-6-9-19(28)4)26-17-20-10-12-21(13-11-20)27-22(29)18(2)3/h10-13,18-19H,5-9,14-17H2,1-4H3,(H,27,29)(H2,24,25,26). The van der Waals surface area contributed by atoms with Crippen LogP contribution >= 0.6 is 0 Å². The van der Waals surface area contributed by atoms with Crippen molar-refractivity contribution < 1.29 is 4.79 Å². The molecule has 6 heteroatoms. The summed E-state index contributed by atoms with van der Waals surface area (Å²) >= 11 is 0. The predicted molar refractivity (Wildman–Crippen MR) is 122 cm³/mol. The van der Waals surface area contributed by atoms with Gasteiger partial charge in [-0.25, -0.2) is 4.99 Å². The number of aliphatic imine (C=N–C) groups is 1. The van der Waals surface area contributed by atoms with E-state index in [1.54, 1.807) is 0 Å². The van der Waals surface area contributed by atoms with Gasteiger partial charge in [-0.1, -0.05) is 32.4 Å². The fourth-order valence-electron chi connectivity index (χ4n) is 3.47. The molecule has 0 bridgehead atoms. The largest absolute Gasteiger partial charge is 0.357 e. The molecule has 1 aliphatic heterocycles. The molecular formula is C23H39N5O. The molecule has 2 rings (SSSR count). The number of benzene rings is 1. The van der Waals surface area contributed by atoms with E-state index in [-0.39, 0.29) is 11.8 Å². The maximum absolute atomic E-state index is 11.8. The number of nitrogens with one attached hydrogen (secondary N) is 3. The molecule has 1 saturated heterocycles. The van der Waals surface area contributed by atoms with Gasteiger partial charge in [0.1, 0.15) is 0 Å². The summed E-state index contributed by atoms with van der Waals surface area (Å²) in [6.07, 6.45) is 5.16. The Morgan fingerprint density at radius 1 is 1.21 bits per heavy atom. The van der Waals surface area contributed by atoms with E-state index >= 15 is 0 Å². The lowest BCUT2D eigenvalue weighted by atomic mass is 10.0. The van der Waals surface area contributed by atoms with E-state index in [0.717, 1.165) is 49.3 Å². The Kier molecular flexibility index (Phi) is 9.98. The Balaban J connectivity index is 1.78. The van der Waals surface area contributed by atoms with Crippen LogP contribution in [0.5, 0.6) is 0 Å². The lowest BCUT2D eigenvalue weighted by Gasteiger charge is -2.33. The van der Waals surface area contributed by atoms with Gasteiger partial charge in [-0.2, -0.15) is 0 Å². The second kappa shape index (κ2) is 12.5. The third-order valence-corrected chi connectivity index (χ3v) is 5.36. The number of guanidine groups is 1. The molecular weight excluding hydrogens is 362 g/mol. The van der Waals surface area contributed by atoms with Gasteiger partial charge in [0.25, 0.3) is 0 Å². The zero-order valence-corrected chi connectivity index (χ0v) is 18.6. The SMILES string of the molecule is CCNC(=NCc1ccc(NC(=O)C(C)C)cc1)NCCCN1CCCCC1C. The van der Waals surface area contributed by atoms with E-state index in [4.69, 9.17) is 4.99 Å². The average Bonchev–Trinajstić information content (AvgIpc) is 2.71. The summed E-state index contributed by atoms with van der Waals surface area (Å²) in [5.74, 6) is 0.871. The second-order valence-electron chi connectivity index (χ2n) is 8.20. The highest BCUT2D eigenvalue weighted by Gasteiger charge is 2.17. The van der Waals surface area contributed by atoms with Crippen LogP contribution in [-0.4, -0.2) is 49.0 Å². The molecule has 1 fully saturated rings. The average molecular weight is 402 g/mol. The molecule has 6 nitrogen and oxygen atoms in total. The second-order valence-corrected chi connectivity index (χ2v) is 8.20. The van der Waals surface area contributed by atoms with Gasteiger partial charge >= 0.3 is 0 Å². The third kappa shape index (κ3) is 8.44. The van der Waals surface area contributed by atoms with Crippen LogP contribution in [0.25, 0.3) is 0 Å². The lowest BCUT2D eigenvalue weighted by molar-refractivity contribution is -0.118. The minimum absolute atomic E-state index is 0.0221. The summed E-state index contributed by atoms with van der Waals surface area (Å²) < 4.78 is 0. The van der Waals surface area contributed by atoms with E-state index in [0.29, 0.717) is 6.54 Å². The molecule has 29 heavy (non-hydrogen) atoms. The number of piperidine rings is 1. The van der Waals surface area contributed by atoms with Crippen molar-refractivity contribution >= 4 is 17.6 Å². The third-order valence-electron chi connectivity index (χ3n) is 5.36. The highest BCUT2D eigenvalue weighted by Crippen LogP contribution is 2.16. The summed E-state index contributed by atoms with van der Waals surface area (Å²) in [4.78, 5) is 19.1. The monoisotopic (exact) mass is 401 g/mol.